The molecule has 1 heterocycles. The van der Waals surface area contributed by atoms with Crippen LogP contribution < -0.4 is 19.5 Å². The van der Waals surface area contributed by atoms with Crippen LogP contribution in [0.15, 0.2) is 42.5 Å². The third kappa shape index (κ3) is 2.56. The van der Waals surface area contributed by atoms with Gasteiger partial charge in [-0.3, -0.25) is 4.79 Å². The molecule has 0 bridgehead atoms. The summed E-state index contributed by atoms with van der Waals surface area (Å²) in [6.45, 7) is 1.11. The van der Waals surface area contributed by atoms with Gasteiger partial charge in [0.2, 0.25) is 5.91 Å². The molecule has 1 N–H and O–H groups in total. The van der Waals surface area contributed by atoms with Gasteiger partial charge in [-0.25, -0.2) is 0 Å². The number of hydrogen-bond donors (Lipinski definition) is 1. The summed E-state index contributed by atoms with van der Waals surface area (Å²) in [6.07, 6.45) is 1.68. The second-order valence-corrected chi connectivity index (χ2v) is 6.12. The van der Waals surface area contributed by atoms with Crippen molar-refractivity contribution in [2.45, 2.75) is 18.3 Å². The molecule has 2 aromatic rings. The zero-order chi connectivity index (χ0) is 16.6. The Balaban J connectivity index is 1.55. The summed E-state index contributed by atoms with van der Waals surface area (Å²) in [5.41, 5.74) is 1.29. The van der Waals surface area contributed by atoms with E-state index in [0.717, 1.165) is 41.3 Å². The average molecular weight is 325 g/mol. The highest BCUT2D eigenvalue weighted by Crippen LogP contribution is 2.50. The number of methoxy groups -OCH3 is 1. The van der Waals surface area contributed by atoms with Gasteiger partial charge in [0.1, 0.15) is 19.0 Å². The van der Waals surface area contributed by atoms with E-state index in [1.807, 2.05) is 42.5 Å². The van der Waals surface area contributed by atoms with Crippen molar-refractivity contribution < 1.29 is 19.0 Å². The van der Waals surface area contributed by atoms with Crippen LogP contribution in [-0.4, -0.2) is 26.2 Å². The molecular weight excluding hydrogens is 306 g/mol. The van der Waals surface area contributed by atoms with Gasteiger partial charge in [-0.2, -0.15) is 0 Å². The lowest BCUT2D eigenvalue weighted by Crippen LogP contribution is -2.28. The third-order valence-corrected chi connectivity index (χ3v) is 4.63. The van der Waals surface area contributed by atoms with Gasteiger partial charge in [0, 0.05) is 5.69 Å². The number of nitrogens with one attached hydrogen (secondary N) is 1. The standard InChI is InChI=1S/C19H19NO4/c1-22-15-5-3-14(4-6-15)20-18(21)19(8-9-19)13-2-7-16-17(12-13)24-11-10-23-16/h2-7,12H,8-11H2,1H3,(H,20,21). The van der Waals surface area contributed by atoms with Crippen LogP contribution in [0.2, 0.25) is 0 Å². The maximum absolute atomic E-state index is 12.8. The van der Waals surface area contributed by atoms with Crippen molar-refractivity contribution in [3.05, 3.63) is 48.0 Å². The second kappa shape index (κ2) is 5.74. The van der Waals surface area contributed by atoms with Crippen molar-refractivity contribution >= 4 is 11.6 Å². The van der Waals surface area contributed by atoms with Gasteiger partial charge in [0.25, 0.3) is 0 Å². The Hall–Kier alpha value is -2.69. The van der Waals surface area contributed by atoms with Crippen LogP contribution in [0.3, 0.4) is 0 Å². The van der Waals surface area contributed by atoms with Gasteiger partial charge < -0.3 is 19.5 Å². The first kappa shape index (κ1) is 14.9. The van der Waals surface area contributed by atoms with E-state index in [2.05, 4.69) is 5.32 Å². The van der Waals surface area contributed by atoms with Crippen LogP contribution in [-0.2, 0) is 10.2 Å². The molecule has 0 unspecified atom stereocenters. The van der Waals surface area contributed by atoms with Gasteiger partial charge in [0.05, 0.1) is 12.5 Å². The largest absolute Gasteiger partial charge is 0.497 e. The first-order valence-electron chi connectivity index (χ1n) is 8.07. The number of anilines is 1. The molecule has 4 rings (SSSR count). The summed E-state index contributed by atoms with van der Waals surface area (Å²) in [7, 11) is 1.62. The maximum atomic E-state index is 12.8. The molecule has 1 aliphatic heterocycles. The highest BCUT2D eigenvalue weighted by Gasteiger charge is 2.51. The minimum absolute atomic E-state index is 0.0179. The molecule has 1 saturated carbocycles. The van der Waals surface area contributed by atoms with Crippen LogP contribution in [0.1, 0.15) is 18.4 Å². The quantitative estimate of drug-likeness (QED) is 0.938. The molecule has 1 aliphatic carbocycles. The number of carbonyl (C=O) groups excluding carboxylic acids is 1. The molecule has 24 heavy (non-hydrogen) atoms. The molecular formula is C19H19NO4. The van der Waals surface area contributed by atoms with E-state index in [1.165, 1.54) is 0 Å². The molecule has 1 amide bonds. The Bertz CT molecular complexity index is 765. The van der Waals surface area contributed by atoms with Crippen molar-refractivity contribution in [1.29, 1.82) is 0 Å². The SMILES string of the molecule is COc1ccc(NC(=O)C2(c3ccc4c(c3)OCCO4)CC2)cc1. The number of fused-ring (bicyclic) bond motifs is 1. The number of benzene rings is 2. The molecule has 0 radical (unpaired) electrons. The van der Waals surface area contributed by atoms with E-state index < -0.39 is 5.41 Å². The second-order valence-electron chi connectivity index (χ2n) is 6.12. The molecule has 1 fully saturated rings. The van der Waals surface area contributed by atoms with Crippen molar-refractivity contribution in [2.24, 2.45) is 0 Å². The average Bonchev–Trinajstić information content (AvgIpc) is 3.44. The molecule has 5 nitrogen and oxygen atoms in total. The molecule has 0 spiro atoms. The smallest absolute Gasteiger partial charge is 0.235 e. The maximum Gasteiger partial charge on any atom is 0.235 e. The van der Waals surface area contributed by atoms with Crippen LogP contribution in [0.5, 0.6) is 17.2 Å². The van der Waals surface area contributed by atoms with Crippen molar-refractivity contribution in [3.8, 4) is 17.2 Å². The number of carbonyl (C=O) groups is 1. The molecule has 124 valence electrons. The molecule has 0 aromatic heterocycles. The third-order valence-electron chi connectivity index (χ3n) is 4.63. The summed E-state index contributed by atoms with van der Waals surface area (Å²) in [4.78, 5) is 12.8. The summed E-state index contributed by atoms with van der Waals surface area (Å²) < 4.78 is 16.3. The fourth-order valence-electron chi connectivity index (χ4n) is 3.04. The predicted octanol–water partition coefficient (Wildman–Crippen LogP) is 3.14. The molecule has 0 saturated heterocycles. The Morgan fingerprint density at radius 3 is 2.42 bits per heavy atom. The van der Waals surface area contributed by atoms with E-state index in [9.17, 15) is 4.79 Å². The van der Waals surface area contributed by atoms with Crippen molar-refractivity contribution in [3.63, 3.8) is 0 Å². The fraction of sp³-hybridized carbons (Fsp3) is 0.316. The molecule has 5 heteroatoms. The normalized spacial score (nSPS) is 17.0. The highest BCUT2D eigenvalue weighted by atomic mass is 16.6. The van der Waals surface area contributed by atoms with Gasteiger partial charge in [0.15, 0.2) is 11.5 Å². The van der Waals surface area contributed by atoms with Gasteiger partial charge in [-0.1, -0.05) is 6.07 Å². The van der Waals surface area contributed by atoms with Crippen LogP contribution in [0, 0.1) is 0 Å². The Morgan fingerprint density at radius 1 is 1.04 bits per heavy atom. The molecule has 0 atom stereocenters. The van der Waals surface area contributed by atoms with Crippen molar-refractivity contribution in [1.82, 2.24) is 0 Å². The van der Waals surface area contributed by atoms with Gasteiger partial charge in [-0.15, -0.1) is 0 Å². The zero-order valence-corrected chi connectivity index (χ0v) is 13.5. The monoisotopic (exact) mass is 325 g/mol. The summed E-state index contributed by atoms with van der Waals surface area (Å²) in [6, 6.07) is 13.2. The van der Waals surface area contributed by atoms with E-state index in [-0.39, 0.29) is 5.91 Å². The Kier molecular flexibility index (Phi) is 3.56. The summed E-state index contributed by atoms with van der Waals surface area (Å²) >= 11 is 0. The van der Waals surface area contributed by atoms with Crippen LogP contribution in [0.25, 0.3) is 0 Å². The van der Waals surface area contributed by atoms with E-state index in [4.69, 9.17) is 14.2 Å². The van der Waals surface area contributed by atoms with E-state index >= 15 is 0 Å². The van der Waals surface area contributed by atoms with Crippen LogP contribution in [0.4, 0.5) is 5.69 Å². The lowest BCUT2D eigenvalue weighted by Gasteiger charge is -2.21. The fourth-order valence-corrected chi connectivity index (χ4v) is 3.04. The number of hydrogen-bond acceptors (Lipinski definition) is 4. The predicted molar refractivity (Wildman–Crippen MR) is 90.0 cm³/mol. The number of rotatable bonds is 4. The minimum atomic E-state index is -0.463. The molecule has 2 aliphatic rings. The molecule has 2 aromatic carbocycles. The topological polar surface area (TPSA) is 56.8 Å². The lowest BCUT2D eigenvalue weighted by atomic mass is 9.94. The summed E-state index contributed by atoms with van der Waals surface area (Å²) in [5, 5.41) is 3.01. The summed E-state index contributed by atoms with van der Waals surface area (Å²) in [5.74, 6) is 2.25. The van der Waals surface area contributed by atoms with Gasteiger partial charge in [-0.05, 0) is 54.8 Å². The minimum Gasteiger partial charge on any atom is -0.497 e. The Morgan fingerprint density at radius 2 is 1.75 bits per heavy atom. The number of amides is 1. The van der Waals surface area contributed by atoms with Crippen molar-refractivity contribution in [2.75, 3.05) is 25.6 Å². The Labute approximate surface area is 140 Å². The van der Waals surface area contributed by atoms with E-state index in [1.54, 1.807) is 7.11 Å². The zero-order valence-electron chi connectivity index (χ0n) is 13.5. The van der Waals surface area contributed by atoms with E-state index in [0.29, 0.717) is 13.2 Å². The lowest BCUT2D eigenvalue weighted by molar-refractivity contribution is -0.118. The van der Waals surface area contributed by atoms with Crippen LogP contribution >= 0.6 is 0 Å². The number of ether oxygens (including phenoxy) is 3. The first-order chi connectivity index (χ1) is 11.7. The first-order valence-corrected chi connectivity index (χ1v) is 8.07. The highest BCUT2D eigenvalue weighted by molar-refractivity contribution is 6.01. The van der Waals surface area contributed by atoms with Gasteiger partial charge >= 0.3 is 0 Å².